The number of halogens is 1. The Labute approximate surface area is 177 Å². The number of hydrogen-bond donors (Lipinski definition) is 2. The summed E-state index contributed by atoms with van der Waals surface area (Å²) in [4.78, 5) is 6.75. The van der Waals surface area contributed by atoms with Gasteiger partial charge in [-0.1, -0.05) is 5.16 Å². The Morgan fingerprint density at radius 2 is 2.22 bits per heavy atom. The number of rotatable bonds is 5. The average molecular weight is 487 g/mol. The van der Waals surface area contributed by atoms with Crippen LogP contribution in [-0.2, 0) is 13.5 Å². The van der Waals surface area contributed by atoms with E-state index in [0.717, 1.165) is 56.3 Å². The fourth-order valence-electron chi connectivity index (χ4n) is 3.45. The van der Waals surface area contributed by atoms with Crippen molar-refractivity contribution in [1.82, 2.24) is 25.6 Å². The average Bonchev–Trinajstić information content (AvgIpc) is 3.21. The maximum Gasteiger partial charge on any atom is 0.191 e. The van der Waals surface area contributed by atoms with E-state index in [4.69, 9.17) is 4.52 Å². The Morgan fingerprint density at radius 1 is 1.41 bits per heavy atom. The zero-order chi connectivity index (χ0) is 18.5. The lowest BCUT2D eigenvalue weighted by atomic mass is 10.1. The maximum absolute atomic E-state index is 5.22. The molecule has 2 N–H and O–H groups in total. The van der Waals surface area contributed by atoms with E-state index in [0.29, 0.717) is 6.04 Å². The van der Waals surface area contributed by atoms with E-state index in [2.05, 4.69) is 37.0 Å². The normalized spacial score (nSPS) is 17.6. The third-order valence-electron chi connectivity index (χ3n) is 4.89. The number of aliphatic imine (C=N–C) groups is 1. The van der Waals surface area contributed by atoms with Crippen LogP contribution in [0.25, 0.3) is 0 Å². The first-order valence-corrected chi connectivity index (χ1v) is 9.19. The van der Waals surface area contributed by atoms with Gasteiger partial charge in [-0.15, -0.1) is 24.0 Å². The molecule has 0 amide bonds. The largest absolute Gasteiger partial charge is 0.367 e. The van der Waals surface area contributed by atoms with Crippen LogP contribution in [0, 0.1) is 13.8 Å². The van der Waals surface area contributed by atoms with Crippen molar-refractivity contribution in [1.29, 1.82) is 0 Å². The van der Waals surface area contributed by atoms with Crippen molar-refractivity contribution < 1.29 is 4.52 Å². The molecule has 27 heavy (non-hydrogen) atoms. The summed E-state index contributed by atoms with van der Waals surface area (Å²) >= 11 is 0. The number of guanidine groups is 1. The van der Waals surface area contributed by atoms with Gasteiger partial charge in [0.25, 0.3) is 0 Å². The van der Waals surface area contributed by atoms with Crippen molar-refractivity contribution >= 4 is 35.6 Å². The lowest BCUT2D eigenvalue weighted by molar-refractivity contribution is 0.392. The molecule has 0 aromatic carbocycles. The topological polar surface area (TPSA) is 83.5 Å². The van der Waals surface area contributed by atoms with Gasteiger partial charge in [0.15, 0.2) is 5.96 Å². The Bertz CT molecular complexity index is 735. The minimum Gasteiger partial charge on any atom is -0.367 e. The van der Waals surface area contributed by atoms with E-state index < -0.39 is 0 Å². The number of nitrogens with zero attached hydrogens (tertiary/aromatic N) is 5. The van der Waals surface area contributed by atoms with Gasteiger partial charge in [-0.25, -0.2) is 0 Å². The van der Waals surface area contributed by atoms with Gasteiger partial charge < -0.3 is 20.1 Å². The van der Waals surface area contributed by atoms with Crippen molar-refractivity contribution in [3.05, 3.63) is 29.4 Å². The van der Waals surface area contributed by atoms with Crippen LogP contribution < -0.4 is 15.5 Å². The van der Waals surface area contributed by atoms with Crippen LogP contribution in [0.1, 0.15) is 29.9 Å². The molecule has 3 heterocycles. The molecule has 1 aliphatic heterocycles. The first-order chi connectivity index (χ1) is 12.6. The number of aryl methyl sites for hydroxylation is 3. The van der Waals surface area contributed by atoms with Gasteiger partial charge in [-0.3, -0.25) is 9.67 Å². The predicted octanol–water partition coefficient (Wildman–Crippen LogP) is 2.02. The minimum atomic E-state index is 0. The maximum atomic E-state index is 5.22. The molecule has 1 fully saturated rings. The molecule has 0 spiro atoms. The van der Waals surface area contributed by atoms with Gasteiger partial charge >= 0.3 is 0 Å². The molecular formula is C18H30IN7O. The van der Waals surface area contributed by atoms with Crippen molar-refractivity contribution in [3.63, 3.8) is 0 Å². The summed E-state index contributed by atoms with van der Waals surface area (Å²) in [7, 11) is 3.76. The first kappa shape index (κ1) is 21.5. The zero-order valence-electron chi connectivity index (χ0n) is 16.5. The summed E-state index contributed by atoms with van der Waals surface area (Å²) in [5.74, 6) is 1.74. The zero-order valence-corrected chi connectivity index (χ0v) is 18.9. The van der Waals surface area contributed by atoms with Crippen molar-refractivity contribution in [3.8, 4) is 0 Å². The van der Waals surface area contributed by atoms with E-state index in [1.165, 1.54) is 11.3 Å². The smallest absolute Gasteiger partial charge is 0.191 e. The van der Waals surface area contributed by atoms with Gasteiger partial charge in [0.05, 0.1) is 17.6 Å². The Balaban J connectivity index is 0.00000261. The number of piperidine rings is 1. The summed E-state index contributed by atoms with van der Waals surface area (Å²) in [6, 6.07) is 0.370. The van der Waals surface area contributed by atoms with E-state index >= 15 is 0 Å². The Hall–Kier alpha value is -1.78. The van der Waals surface area contributed by atoms with Gasteiger partial charge in [0.2, 0.25) is 0 Å². The van der Waals surface area contributed by atoms with Crippen molar-refractivity contribution in [2.45, 2.75) is 39.2 Å². The lowest BCUT2D eigenvalue weighted by Crippen LogP contribution is -2.51. The highest BCUT2D eigenvalue weighted by atomic mass is 127. The first-order valence-electron chi connectivity index (χ1n) is 9.19. The van der Waals surface area contributed by atoms with Gasteiger partial charge in [0, 0.05) is 51.5 Å². The molecular weight excluding hydrogens is 457 g/mol. The molecule has 1 aliphatic rings. The van der Waals surface area contributed by atoms with Crippen LogP contribution in [0.5, 0.6) is 0 Å². The fraction of sp³-hybridized carbons (Fsp3) is 0.611. The highest BCUT2D eigenvalue weighted by molar-refractivity contribution is 14.0. The summed E-state index contributed by atoms with van der Waals surface area (Å²) in [6.07, 6.45) is 7.16. The standard InChI is InChI=1S/C18H29N7O.HI/c1-13-17(14(2)26-23-13)7-8-20-18(19-3)22-15-6-5-9-25(11-15)16-10-21-24(4)12-16;/h10,12,15H,5-9,11H2,1-4H3,(H2,19,20,22);1H. The molecule has 8 nitrogen and oxygen atoms in total. The second-order valence-corrected chi connectivity index (χ2v) is 6.85. The van der Waals surface area contributed by atoms with Crippen molar-refractivity contribution in [2.75, 3.05) is 31.6 Å². The predicted molar refractivity (Wildman–Crippen MR) is 118 cm³/mol. The van der Waals surface area contributed by atoms with Crippen molar-refractivity contribution in [2.24, 2.45) is 12.0 Å². The summed E-state index contributed by atoms with van der Waals surface area (Å²) in [6.45, 7) is 6.76. The van der Waals surface area contributed by atoms with Crippen LogP contribution in [0.4, 0.5) is 5.69 Å². The SMILES string of the molecule is CN=C(NCCc1c(C)noc1C)NC1CCCN(c2cnn(C)c2)C1.I. The molecule has 0 aliphatic carbocycles. The van der Waals surface area contributed by atoms with Crippen LogP contribution >= 0.6 is 24.0 Å². The third-order valence-corrected chi connectivity index (χ3v) is 4.89. The molecule has 1 unspecified atom stereocenters. The second kappa shape index (κ2) is 9.95. The Morgan fingerprint density at radius 3 is 2.85 bits per heavy atom. The number of aromatic nitrogens is 3. The van der Waals surface area contributed by atoms with Crippen LogP contribution in [0.15, 0.2) is 21.9 Å². The van der Waals surface area contributed by atoms with Crippen LogP contribution in [-0.4, -0.2) is 53.6 Å². The third kappa shape index (κ3) is 5.60. The molecule has 3 rings (SSSR count). The molecule has 150 valence electrons. The summed E-state index contributed by atoms with van der Waals surface area (Å²) in [5.41, 5.74) is 3.32. The van der Waals surface area contributed by atoms with E-state index in [9.17, 15) is 0 Å². The quantitative estimate of drug-likeness (QED) is 0.382. The highest BCUT2D eigenvalue weighted by Crippen LogP contribution is 2.19. The highest BCUT2D eigenvalue weighted by Gasteiger charge is 2.21. The van der Waals surface area contributed by atoms with Crippen LogP contribution in [0.3, 0.4) is 0 Å². The fourth-order valence-corrected chi connectivity index (χ4v) is 3.45. The molecule has 2 aromatic heterocycles. The molecule has 9 heteroatoms. The van der Waals surface area contributed by atoms with Gasteiger partial charge in [-0.05, 0) is 33.1 Å². The molecule has 0 saturated carbocycles. The minimum absolute atomic E-state index is 0. The summed E-state index contributed by atoms with van der Waals surface area (Å²) in [5, 5.41) is 15.2. The second-order valence-electron chi connectivity index (χ2n) is 6.85. The molecule has 0 radical (unpaired) electrons. The number of anilines is 1. The number of hydrogen-bond acceptors (Lipinski definition) is 5. The monoisotopic (exact) mass is 487 g/mol. The van der Waals surface area contributed by atoms with Gasteiger partial charge in [0.1, 0.15) is 5.76 Å². The van der Waals surface area contributed by atoms with Crippen LogP contribution in [0.2, 0.25) is 0 Å². The number of nitrogens with one attached hydrogen (secondary N) is 2. The molecule has 2 aromatic rings. The summed E-state index contributed by atoms with van der Waals surface area (Å²) < 4.78 is 7.07. The van der Waals surface area contributed by atoms with Gasteiger partial charge in [-0.2, -0.15) is 5.10 Å². The Kier molecular flexibility index (Phi) is 7.93. The molecule has 1 saturated heterocycles. The lowest BCUT2D eigenvalue weighted by Gasteiger charge is -2.34. The molecule has 0 bridgehead atoms. The molecule has 1 atom stereocenters. The van der Waals surface area contributed by atoms with E-state index in [-0.39, 0.29) is 24.0 Å². The van der Waals surface area contributed by atoms with E-state index in [1.807, 2.05) is 38.8 Å². The van der Waals surface area contributed by atoms with E-state index in [1.54, 1.807) is 0 Å².